The molecule has 4 nitrogen and oxygen atoms in total. The predicted octanol–water partition coefficient (Wildman–Crippen LogP) is 3.78. The van der Waals surface area contributed by atoms with E-state index in [1.807, 2.05) is 12.1 Å². The number of esters is 2. The first kappa shape index (κ1) is 18.2. The molecular weight excluding hydrogens is 280 g/mol. The third-order valence-electron chi connectivity index (χ3n) is 3.51. The van der Waals surface area contributed by atoms with Crippen molar-refractivity contribution < 1.29 is 19.1 Å². The molecule has 1 rings (SSSR count). The van der Waals surface area contributed by atoms with Crippen LogP contribution in [-0.2, 0) is 20.7 Å². The van der Waals surface area contributed by atoms with Crippen molar-refractivity contribution in [2.24, 2.45) is 5.92 Å². The number of hydrogen-bond acceptors (Lipinski definition) is 4. The molecule has 0 saturated carbocycles. The number of benzene rings is 1. The van der Waals surface area contributed by atoms with Gasteiger partial charge in [0.1, 0.15) is 0 Å². The fourth-order valence-corrected chi connectivity index (χ4v) is 2.39. The van der Waals surface area contributed by atoms with Gasteiger partial charge in [0.25, 0.3) is 0 Å². The molecule has 1 aromatic rings. The Balaban J connectivity index is 2.92. The first-order valence-electron chi connectivity index (χ1n) is 8.05. The summed E-state index contributed by atoms with van der Waals surface area (Å²) in [6.45, 7) is 6.39. The summed E-state index contributed by atoms with van der Waals surface area (Å²) in [5, 5.41) is 0. The van der Waals surface area contributed by atoms with Crippen molar-refractivity contribution in [3.05, 3.63) is 35.4 Å². The van der Waals surface area contributed by atoms with Gasteiger partial charge in [0.15, 0.2) is 0 Å². The lowest BCUT2D eigenvalue weighted by Crippen LogP contribution is -2.21. The Bertz CT molecular complexity index is 482. The molecule has 0 aliphatic rings. The van der Waals surface area contributed by atoms with Crippen molar-refractivity contribution in [3.8, 4) is 0 Å². The Morgan fingerprint density at radius 2 is 1.73 bits per heavy atom. The van der Waals surface area contributed by atoms with Crippen molar-refractivity contribution in [3.63, 3.8) is 0 Å². The van der Waals surface area contributed by atoms with Crippen molar-refractivity contribution >= 4 is 11.9 Å². The summed E-state index contributed by atoms with van der Waals surface area (Å²) in [5.74, 6) is -0.735. The van der Waals surface area contributed by atoms with Gasteiger partial charge in [-0.15, -0.1) is 0 Å². The molecule has 0 aliphatic heterocycles. The maximum Gasteiger partial charge on any atom is 0.338 e. The topological polar surface area (TPSA) is 52.6 Å². The smallest absolute Gasteiger partial charge is 0.338 e. The van der Waals surface area contributed by atoms with Crippen LogP contribution in [0, 0.1) is 5.92 Å². The molecule has 4 heteroatoms. The summed E-state index contributed by atoms with van der Waals surface area (Å²) < 4.78 is 10.3. The van der Waals surface area contributed by atoms with Gasteiger partial charge >= 0.3 is 11.9 Å². The molecule has 0 bridgehead atoms. The fraction of sp³-hybridized carbons (Fsp3) is 0.556. The van der Waals surface area contributed by atoms with E-state index in [9.17, 15) is 9.59 Å². The Labute approximate surface area is 132 Å². The van der Waals surface area contributed by atoms with Gasteiger partial charge in [0.05, 0.1) is 24.7 Å². The van der Waals surface area contributed by atoms with E-state index in [4.69, 9.17) is 9.47 Å². The molecule has 122 valence electrons. The van der Waals surface area contributed by atoms with E-state index in [1.165, 1.54) is 0 Å². The zero-order valence-electron chi connectivity index (χ0n) is 13.8. The van der Waals surface area contributed by atoms with Crippen LogP contribution in [0.25, 0.3) is 0 Å². The zero-order valence-corrected chi connectivity index (χ0v) is 13.8. The SMILES string of the molecule is CCCCC(Cc1ccccc1C(=O)OCC)C(=O)OCC. The molecular formula is C18H26O4. The molecule has 22 heavy (non-hydrogen) atoms. The highest BCUT2D eigenvalue weighted by Gasteiger charge is 2.22. The second-order valence-corrected chi connectivity index (χ2v) is 5.17. The van der Waals surface area contributed by atoms with Crippen LogP contribution in [0.15, 0.2) is 24.3 Å². The van der Waals surface area contributed by atoms with Crippen LogP contribution in [0.1, 0.15) is 56.0 Å². The largest absolute Gasteiger partial charge is 0.466 e. The van der Waals surface area contributed by atoms with E-state index < -0.39 is 0 Å². The van der Waals surface area contributed by atoms with Crippen LogP contribution in [-0.4, -0.2) is 25.2 Å². The van der Waals surface area contributed by atoms with E-state index >= 15 is 0 Å². The van der Waals surface area contributed by atoms with Gasteiger partial charge in [-0.25, -0.2) is 4.79 Å². The number of carbonyl (C=O) groups excluding carboxylic acids is 2. The highest BCUT2D eigenvalue weighted by atomic mass is 16.5. The fourth-order valence-electron chi connectivity index (χ4n) is 2.39. The number of unbranched alkanes of at least 4 members (excludes halogenated alkanes) is 1. The number of rotatable bonds is 9. The summed E-state index contributed by atoms with van der Waals surface area (Å²) in [7, 11) is 0. The molecule has 0 N–H and O–H groups in total. The average molecular weight is 306 g/mol. The van der Waals surface area contributed by atoms with Gasteiger partial charge in [0, 0.05) is 0 Å². The highest BCUT2D eigenvalue weighted by molar-refractivity contribution is 5.91. The Hall–Kier alpha value is -1.84. The third kappa shape index (κ3) is 5.51. The maximum absolute atomic E-state index is 12.1. The Kier molecular flexibility index (Phi) is 8.26. The van der Waals surface area contributed by atoms with Crippen LogP contribution in [0.3, 0.4) is 0 Å². The van der Waals surface area contributed by atoms with Gasteiger partial charge in [-0.05, 0) is 38.3 Å². The lowest BCUT2D eigenvalue weighted by Gasteiger charge is -2.17. The minimum absolute atomic E-state index is 0.186. The van der Waals surface area contributed by atoms with E-state index in [2.05, 4.69) is 6.92 Å². The minimum atomic E-state index is -0.337. The summed E-state index contributed by atoms with van der Waals surface area (Å²) in [5.41, 5.74) is 1.38. The lowest BCUT2D eigenvalue weighted by molar-refractivity contribution is -0.148. The molecule has 0 radical (unpaired) electrons. The summed E-state index contributed by atoms with van der Waals surface area (Å²) in [4.78, 5) is 24.1. The van der Waals surface area contributed by atoms with Crippen LogP contribution in [0.5, 0.6) is 0 Å². The van der Waals surface area contributed by atoms with Crippen LogP contribution >= 0.6 is 0 Å². The molecule has 0 saturated heterocycles. The summed E-state index contributed by atoms with van der Waals surface area (Å²) in [6.07, 6.45) is 3.26. The first-order valence-corrected chi connectivity index (χ1v) is 8.05. The minimum Gasteiger partial charge on any atom is -0.466 e. The highest BCUT2D eigenvalue weighted by Crippen LogP contribution is 2.20. The van der Waals surface area contributed by atoms with Crippen molar-refractivity contribution in [1.29, 1.82) is 0 Å². The van der Waals surface area contributed by atoms with Crippen molar-refractivity contribution in [2.45, 2.75) is 46.5 Å². The normalized spacial score (nSPS) is 11.8. The molecule has 1 atom stereocenters. The quantitative estimate of drug-likeness (QED) is 0.652. The molecule has 0 spiro atoms. The second-order valence-electron chi connectivity index (χ2n) is 5.17. The van der Waals surface area contributed by atoms with Gasteiger partial charge in [-0.1, -0.05) is 38.0 Å². The van der Waals surface area contributed by atoms with Gasteiger partial charge < -0.3 is 9.47 Å². The molecule has 0 amide bonds. The molecule has 1 unspecified atom stereocenters. The molecule has 1 aromatic carbocycles. The van der Waals surface area contributed by atoms with E-state index in [0.717, 1.165) is 24.8 Å². The predicted molar refractivity (Wildman–Crippen MR) is 85.8 cm³/mol. The zero-order chi connectivity index (χ0) is 16.4. The van der Waals surface area contributed by atoms with Crippen LogP contribution in [0.4, 0.5) is 0 Å². The Morgan fingerprint density at radius 3 is 2.36 bits per heavy atom. The van der Waals surface area contributed by atoms with E-state index in [0.29, 0.717) is 25.2 Å². The van der Waals surface area contributed by atoms with E-state index in [-0.39, 0.29) is 17.9 Å². The number of hydrogen-bond donors (Lipinski definition) is 0. The monoisotopic (exact) mass is 306 g/mol. The Morgan fingerprint density at radius 1 is 1.05 bits per heavy atom. The van der Waals surface area contributed by atoms with Crippen LogP contribution < -0.4 is 0 Å². The third-order valence-corrected chi connectivity index (χ3v) is 3.51. The van der Waals surface area contributed by atoms with Crippen LogP contribution in [0.2, 0.25) is 0 Å². The van der Waals surface area contributed by atoms with Crippen molar-refractivity contribution in [1.82, 2.24) is 0 Å². The summed E-state index contributed by atoms with van der Waals surface area (Å²) >= 11 is 0. The van der Waals surface area contributed by atoms with Gasteiger partial charge in [-0.3, -0.25) is 4.79 Å². The molecule has 0 aliphatic carbocycles. The molecule has 0 fully saturated rings. The van der Waals surface area contributed by atoms with Gasteiger partial charge in [0.2, 0.25) is 0 Å². The lowest BCUT2D eigenvalue weighted by atomic mass is 9.91. The average Bonchev–Trinajstić information content (AvgIpc) is 2.52. The first-order chi connectivity index (χ1) is 10.6. The van der Waals surface area contributed by atoms with E-state index in [1.54, 1.807) is 26.0 Å². The van der Waals surface area contributed by atoms with Gasteiger partial charge in [-0.2, -0.15) is 0 Å². The number of carbonyl (C=O) groups is 2. The molecule has 0 heterocycles. The maximum atomic E-state index is 12.1. The summed E-state index contributed by atoms with van der Waals surface area (Å²) in [6, 6.07) is 7.31. The second kappa shape index (κ2) is 9.98. The molecule has 0 aromatic heterocycles. The standard InChI is InChI=1S/C18H26O4/c1-4-7-10-15(17(19)21-5-2)13-14-11-8-9-12-16(14)18(20)22-6-3/h8-9,11-12,15H,4-7,10,13H2,1-3H3. The van der Waals surface area contributed by atoms with Crippen molar-refractivity contribution in [2.75, 3.05) is 13.2 Å². The number of ether oxygens (including phenoxy) is 2.